The zero-order chi connectivity index (χ0) is 27.8. The molecule has 1 aromatic heterocycles. The Kier molecular flexibility index (Phi) is 10.3. The van der Waals surface area contributed by atoms with Crippen LogP contribution in [0.25, 0.3) is 0 Å². The molecule has 3 atom stereocenters. The second kappa shape index (κ2) is 12.5. The number of benzene rings is 1. The van der Waals surface area contributed by atoms with Crippen LogP contribution in [0.3, 0.4) is 0 Å². The number of aromatic nitrogens is 2. The summed E-state index contributed by atoms with van der Waals surface area (Å²) in [5.74, 6) is -7.65. The first-order chi connectivity index (χ1) is 17.7. The number of carbonyl (C=O) groups is 1. The van der Waals surface area contributed by atoms with E-state index in [1.807, 2.05) is 0 Å². The Balaban J connectivity index is 0.00000280. The first kappa shape index (κ1) is 33.0. The summed E-state index contributed by atoms with van der Waals surface area (Å²) in [5.41, 5.74) is 3.44. The molecule has 40 heavy (non-hydrogen) atoms. The van der Waals surface area contributed by atoms with E-state index in [2.05, 4.69) is 15.3 Å². The number of hydrogen-bond donors (Lipinski definition) is 3. The van der Waals surface area contributed by atoms with Crippen molar-refractivity contribution in [3.05, 3.63) is 47.3 Å². The maximum atomic E-state index is 15.4. The van der Waals surface area contributed by atoms with Gasteiger partial charge in [-0.25, -0.2) is 23.1 Å². The Bertz CT molecular complexity index is 1180. The maximum Gasteiger partial charge on any atom is 0.416 e. The number of carbonyl (C=O) groups excluding carboxylic acids is 1. The van der Waals surface area contributed by atoms with Gasteiger partial charge in [0.2, 0.25) is 11.7 Å². The van der Waals surface area contributed by atoms with Gasteiger partial charge >= 0.3 is 6.18 Å². The van der Waals surface area contributed by atoms with E-state index in [1.165, 1.54) is 0 Å². The Morgan fingerprint density at radius 2 is 1.90 bits per heavy atom. The minimum Gasteiger partial charge on any atom is -0.391 e. The van der Waals surface area contributed by atoms with Gasteiger partial charge in [0.25, 0.3) is 5.92 Å². The quantitative estimate of drug-likeness (QED) is 0.420. The largest absolute Gasteiger partial charge is 0.416 e. The number of nitrogens with one attached hydrogen (secondary N) is 1. The number of aliphatic hydroxyl groups is 1. The van der Waals surface area contributed by atoms with Gasteiger partial charge in [-0.05, 0) is 25.1 Å². The SMILES string of the molecule is C.C.NC(=O)CN1CC[C@@H](CNc2ncnc(N3CC(F)(F)C[C@@H]3c3ccc(C(F)(F)F)cc3F)c2F)[C@H](O)C1. The molecule has 3 heterocycles. The Morgan fingerprint density at radius 1 is 1.20 bits per heavy atom. The lowest BCUT2D eigenvalue weighted by molar-refractivity contribution is -0.137. The van der Waals surface area contributed by atoms with Crippen LogP contribution < -0.4 is 16.0 Å². The van der Waals surface area contributed by atoms with Crippen LogP contribution in [0.5, 0.6) is 0 Å². The number of alkyl halides is 5. The summed E-state index contributed by atoms with van der Waals surface area (Å²) in [7, 11) is 0. The molecule has 0 saturated carbocycles. The predicted octanol–water partition coefficient (Wildman–Crippen LogP) is 4.21. The van der Waals surface area contributed by atoms with E-state index in [1.54, 1.807) is 4.90 Å². The second-order valence-corrected chi connectivity index (χ2v) is 9.50. The van der Waals surface area contributed by atoms with Crippen LogP contribution in [-0.2, 0) is 11.0 Å². The molecule has 0 radical (unpaired) electrons. The van der Waals surface area contributed by atoms with Crippen molar-refractivity contribution in [2.45, 2.75) is 51.9 Å². The number of rotatable bonds is 7. The highest BCUT2D eigenvalue weighted by atomic mass is 19.4. The van der Waals surface area contributed by atoms with Crippen LogP contribution in [-0.4, -0.2) is 70.6 Å². The molecule has 1 aromatic carbocycles. The van der Waals surface area contributed by atoms with Gasteiger partial charge < -0.3 is 21.1 Å². The van der Waals surface area contributed by atoms with Crippen LogP contribution in [0.1, 0.15) is 44.9 Å². The van der Waals surface area contributed by atoms with Crippen LogP contribution >= 0.6 is 0 Å². The van der Waals surface area contributed by atoms with Crippen LogP contribution in [0.2, 0.25) is 0 Å². The minimum atomic E-state index is -4.83. The van der Waals surface area contributed by atoms with E-state index < -0.39 is 71.7 Å². The average Bonchev–Trinajstić information content (AvgIpc) is 3.13. The smallest absolute Gasteiger partial charge is 0.391 e. The first-order valence-electron chi connectivity index (χ1n) is 11.7. The molecule has 224 valence electrons. The summed E-state index contributed by atoms with van der Waals surface area (Å²) in [5, 5.41) is 13.1. The molecule has 2 fully saturated rings. The molecule has 0 aliphatic carbocycles. The number of hydrogen-bond acceptors (Lipinski definition) is 7. The third-order valence-electron chi connectivity index (χ3n) is 6.72. The Labute approximate surface area is 227 Å². The number of anilines is 2. The van der Waals surface area contributed by atoms with Gasteiger partial charge in [0, 0.05) is 31.0 Å². The van der Waals surface area contributed by atoms with Crippen molar-refractivity contribution in [3.8, 4) is 0 Å². The highest BCUT2D eigenvalue weighted by Crippen LogP contribution is 2.45. The molecule has 2 aromatic rings. The Hall–Kier alpha value is -3.20. The molecule has 2 aliphatic heterocycles. The predicted molar refractivity (Wildman–Crippen MR) is 135 cm³/mol. The molecular weight excluding hydrogens is 549 g/mol. The molecule has 4 rings (SSSR count). The molecular formula is C25H33F7N6O2. The minimum absolute atomic E-state index is 0. The number of nitrogens with two attached hydrogens (primary N) is 1. The van der Waals surface area contributed by atoms with Gasteiger partial charge in [-0.2, -0.15) is 17.6 Å². The number of piperidine rings is 1. The number of β-amino-alcohol motifs (C(OH)–C–C–N with tert-alkyl or cyclic N) is 1. The van der Waals surface area contributed by atoms with Gasteiger partial charge in [-0.15, -0.1) is 0 Å². The molecule has 15 heteroatoms. The fourth-order valence-electron chi connectivity index (χ4n) is 4.85. The van der Waals surface area contributed by atoms with E-state index >= 15 is 4.39 Å². The topological polar surface area (TPSA) is 108 Å². The number of primary amides is 1. The van der Waals surface area contributed by atoms with Gasteiger partial charge in [0.1, 0.15) is 12.1 Å². The van der Waals surface area contributed by atoms with Gasteiger partial charge in [0.15, 0.2) is 11.6 Å². The van der Waals surface area contributed by atoms with E-state index in [4.69, 9.17) is 5.73 Å². The lowest BCUT2D eigenvalue weighted by Gasteiger charge is -2.35. The molecule has 8 nitrogen and oxygen atoms in total. The molecule has 2 saturated heterocycles. The van der Waals surface area contributed by atoms with Gasteiger partial charge in [-0.3, -0.25) is 9.69 Å². The molecule has 1 amide bonds. The molecule has 2 aliphatic rings. The lowest BCUT2D eigenvalue weighted by Crippen LogP contribution is -2.48. The normalized spacial score (nSPS) is 22.8. The van der Waals surface area contributed by atoms with E-state index in [9.17, 15) is 36.2 Å². The molecule has 0 unspecified atom stereocenters. The lowest BCUT2D eigenvalue weighted by atomic mass is 9.93. The highest BCUT2D eigenvalue weighted by Gasteiger charge is 2.48. The van der Waals surface area contributed by atoms with Gasteiger partial charge in [0.05, 0.1) is 30.8 Å². The highest BCUT2D eigenvalue weighted by molar-refractivity contribution is 5.75. The molecule has 0 spiro atoms. The third-order valence-corrected chi connectivity index (χ3v) is 6.72. The number of halogens is 7. The zero-order valence-corrected chi connectivity index (χ0v) is 19.9. The summed E-state index contributed by atoms with van der Waals surface area (Å²) < 4.78 is 97.7. The van der Waals surface area contributed by atoms with Crippen molar-refractivity contribution >= 4 is 17.5 Å². The Morgan fingerprint density at radius 3 is 2.50 bits per heavy atom. The van der Waals surface area contributed by atoms with Crippen LogP contribution in [0.15, 0.2) is 24.5 Å². The number of amides is 1. The average molecular weight is 583 g/mol. The van der Waals surface area contributed by atoms with E-state index in [-0.39, 0.29) is 52.3 Å². The van der Waals surface area contributed by atoms with Crippen molar-refractivity contribution in [2.75, 3.05) is 42.9 Å². The summed E-state index contributed by atoms with van der Waals surface area (Å²) in [6, 6.07) is 0.0755. The fourth-order valence-corrected chi connectivity index (χ4v) is 4.85. The van der Waals surface area contributed by atoms with Crippen LogP contribution in [0, 0.1) is 17.6 Å². The molecule has 0 bridgehead atoms. The summed E-state index contributed by atoms with van der Waals surface area (Å²) in [4.78, 5) is 21.1. The zero-order valence-electron chi connectivity index (χ0n) is 19.9. The first-order valence-corrected chi connectivity index (χ1v) is 11.7. The van der Waals surface area contributed by atoms with Crippen molar-refractivity contribution in [2.24, 2.45) is 11.7 Å². The van der Waals surface area contributed by atoms with E-state index in [0.717, 1.165) is 17.3 Å². The monoisotopic (exact) mass is 582 g/mol. The van der Waals surface area contributed by atoms with Crippen molar-refractivity contribution in [1.29, 1.82) is 0 Å². The van der Waals surface area contributed by atoms with Crippen molar-refractivity contribution in [1.82, 2.24) is 14.9 Å². The van der Waals surface area contributed by atoms with E-state index in [0.29, 0.717) is 19.0 Å². The summed E-state index contributed by atoms with van der Waals surface area (Å²) in [6.07, 6.45) is -5.27. The van der Waals surface area contributed by atoms with Crippen molar-refractivity contribution in [3.63, 3.8) is 0 Å². The number of likely N-dealkylation sites (tertiary alicyclic amines) is 1. The van der Waals surface area contributed by atoms with Crippen molar-refractivity contribution < 1.29 is 40.6 Å². The third kappa shape index (κ3) is 7.30. The summed E-state index contributed by atoms with van der Waals surface area (Å²) in [6.45, 7) is -0.347. The summed E-state index contributed by atoms with van der Waals surface area (Å²) >= 11 is 0. The molecule has 4 N–H and O–H groups in total. The fraction of sp³-hybridized carbons (Fsp3) is 0.560. The second-order valence-electron chi connectivity index (χ2n) is 9.50. The number of nitrogens with zero attached hydrogens (tertiary/aromatic N) is 4. The maximum absolute atomic E-state index is 15.4. The standard InChI is InChI=1S/C23H25F7N6O2.2CH4/c24-15-5-13(23(28,29)30)1-2-14(15)16-6-22(26,27)10-36(16)21-19(25)20(33-11-34-21)32-7-12-3-4-35(8-17(12)37)9-18(31)38;;/h1-2,5,11-12,16-17,37H,3-4,6-10H2,(H2,31,38)(H,32,33,34);2*1H4/t12-,16+,17+;;/m0../s1. The number of aliphatic hydroxyl groups excluding tert-OH is 1. The van der Waals surface area contributed by atoms with Gasteiger partial charge in [-0.1, -0.05) is 20.9 Å². The van der Waals surface area contributed by atoms with Crippen LogP contribution in [0.4, 0.5) is 42.4 Å².